The molecule has 0 aliphatic heterocycles. The normalized spacial score (nSPS) is 15.9. The van der Waals surface area contributed by atoms with Gasteiger partial charge < -0.3 is 15.4 Å². The van der Waals surface area contributed by atoms with E-state index in [1.165, 1.54) is 12.8 Å². The molecule has 1 aromatic rings. The minimum absolute atomic E-state index is 0.413. The van der Waals surface area contributed by atoms with Crippen LogP contribution in [-0.4, -0.2) is 36.3 Å². The standard InChI is InChI=1S/C15H23N3OS/c1-10-6-7-17-15(13(10)14(16)20)18(8-9-19-3)11(2)12-4-5-12/h6-7,11-12H,4-5,8-9H2,1-3H3,(H2,16,20). The maximum absolute atomic E-state index is 5.91. The summed E-state index contributed by atoms with van der Waals surface area (Å²) in [7, 11) is 1.72. The molecule has 2 N–H and O–H groups in total. The highest BCUT2D eigenvalue weighted by Gasteiger charge is 2.33. The average molecular weight is 293 g/mol. The SMILES string of the molecule is COCCN(c1nccc(C)c1C(N)=S)C(C)C1CC1. The molecule has 1 unspecified atom stereocenters. The van der Waals surface area contributed by atoms with Gasteiger partial charge in [-0.25, -0.2) is 4.98 Å². The third-order valence-corrected chi connectivity index (χ3v) is 4.19. The van der Waals surface area contributed by atoms with Crippen molar-refractivity contribution in [2.45, 2.75) is 32.7 Å². The summed E-state index contributed by atoms with van der Waals surface area (Å²) in [5.41, 5.74) is 7.88. The Labute approximate surface area is 126 Å². The van der Waals surface area contributed by atoms with Gasteiger partial charge in [0.1, 0.15) is 10.8 Å². The molecule has 5 heteroatoms. The third-order valence-electron chi connectivity index (χ3n) is 3.99. The number of pyridine rings is 1. The fourth-order valence-electron chi connectivity index (χ4n) is 2.59. The molecule has 0 amide bonds. The van der Waals surface area contributed by atoms with Crippen LogP contribution in [0, 0.1) is 12.8 Å². The first-order chi connectivity index (χ1) is 9.56. The Bertz CT molecular complexity index is 488. The van der Waals surface area contributed by atoms with Crippen molar-refractivity contribution in [1.29, 1.82) is 0 Å². The minimum Gasteiger partial charge on any atom is -0.389 e. The number of hydrogen-bond acceptors (Lipinski definition) is 4. The molecule has 20 heavy (non-hydrogen) atoms. The Morgan fingerprint density at radius 2 is 2.30 bits per heavy atom. The summed E-state index contributed by atoms with van der Waals surface area (Å²) in [6.45, 7) is 5.75. The topological polar surface area (TPSA) is 51.4 Å². The maximum Gasteiger partial charge on any atom is 0.139 e. The van der Waals surface area contributed by atoms with Crippen molar-refractivity contribution >= 4 is 23.0 Å². The van der Waals surface area contributed by atoms with Crippen molar-refractivity contribution in [3.05, 3.63) is 23.4 Å². The molecule has 0 aromatic carbocycles. The molecule has 1 aliphatic carbocycles. The number of ether oxygens (including phenoxy) is 1. The predicted molar refractivity (Wildman–Crippen MR) is 86.3 cm³/mol. The number of nitrogens with two attached hydrogens (primary N) is 1. The van der Waals surface area contributed by atoms with Crippen molar-refractivity contribution in [3.63, 3.8) is 0 Å². The van der Waals surface area contributed by atoms with E-state index in [1.54, 1.807) is 7.11 Å². The van der Waals surface area contributed by atoms with Gasteiger partial charge in [-0.2, -0.15) is 0 Å². The molecule has 1 fully saturated rings. The average Bonchev–Trinajstić information content (AvgIpc) is 3.22. The highest BCUT2D eigenvalue weighted by molar-refractivity contribution is 7.80. The zero-order valence-corrected chi connectivity index (χ0v) is 13.2. The summed E-state index contributed by atoms with van der Waals surface area (Å²) >= 11 is 5.22. The van der Waals surface area contributed by atoms with Gasteiger partial charge in [0, 0.05) is 25.9 Å². The van der Waals surface area contributed by atoms with E-state index in [4.69, 9.17) is 22.7 Å². The quantitative estimate of drug-likeness (QED) is 0.782. The zero-order chi connectivity index (χ0) is 14.7. The molecule has 1 aliphatic rings. The van der Waals surface area contributed by atoms with Crippen molar-refractivity contribution < 1.29 is 4.74 Å². The Morgan fingerprint density at radius 3 is 2.85 bits per heavy atom. The number of methoxy groups -OCH3 is 1. The number of hydrogen-bond donors (Lipinski definition) is 1. The lowest BCUT2D eigenvalue weighted by Crippen LogP contribution is -2.39. The first-order valence-corrected chi connectivity index (χ1v) is 7.48. The lowest BCUT2D eigenvalue weighted by Gasteiger charge is -2.32. The largest absolute Gasteiger partial charge is 0.389 e. The number of rotatable bonds is 7. The highest BCUT2D eigenvalue weighted by Crippen LogP contribution is 2.37. The van der Waals surface area contributed by atoms with Gasteiger partial charge in [-0.3, -0.25) is 0 Å². The number of thiocarbonyl (C=S) groups is 1. The van der Waals surface area contributed by atoms with Crippen LogP contribution in [0.4, 0.5) is 5.82 Å². The van der Waals surface area contributed by atoms with E-state index in [0.29, 0.717) is 17.6 Å². The van der Waals surface area contributed by atoms with Gasteiger partial charge in [0.05, 0.1) is 12.2 Å². The van der Waals surface area contributed by atoms with Crippen LogP contribution in [-0.2, 0) is 4.74 Å². The molecule has 110 valence electrons. The first-order valence-electron chi connectivity index (χ1n) is 7.07. The molecule has 0 spiro atoms. The van der Waals surface area contributed by atoms with E-state index in [1.807, 2.05) is 19.2 Å². The smallest absolute Gasteiger partial charge is 0.139 e. The molecule has 1 atom stereocenters. The summed E-state index contributed by atoms with van der Waals surface area (Å²) in [6, 6.07) is 2.39. The second kappa shape index (κ2) is 6.50. The second-order valence-electron chi connectivity index (χ2n) is 5.45. The Morgan fingerprint density at radius 1 is 1.60 bits per heavy atom. The molecule has 1 heterocycles. The fraction of sp³-hybridized carbons (Fsp3) is 0.600. The molecule has 4 nitrogen and oxygen atoms in total. The van der Waals surface area contributed by atoms with Gasteiger partial charge in [0.2, 0.25) is 0 Å². The van der Waals surface area contributed by atoms with Gasteiger partial charge in [-0.15, -0.1) is 0 Å². The van der Waals surface area contributed by atoms with E-state index in [0.717, 1.165) is 29.4 Å². The maximum atomic E-state index is 5.91. The predicted octanol–water partition coefficient (Wildman–Crippen LogP) is 2.28. The van der Waals surface area contributed by atoms with E-state index in [2.05, 4.69) is 16.8 Å². The van der Waals surface area contributed by atoms with Crippen molar-refractivity contribution in [2.24, 2.45) is 11.7 Å². The lowest BCUT2D eigenvalue weighted by molar-refractivity contribution is 0.202. The van der Waals surface area contributed by atoms with Crippen LogP contribution in [0.2, 0.25) is 0 Å². The summed E-state index contributed by atoms with van der Waals surface area (Å²) in [4.78, 5) is 7.26. The first kappa shape index (κ1) is 15.2. The number of aryl methyl sites for hydroxylation is 1. The molecule has 0 bridgehead atoms. The van der Waals surface area contributed by atoms with E-state index < -0.39 is 0 Å². The van der Waals surface area contributed by atoms with Gasteiger partial charge in [-0.05, 0) is 44.2 Å². The van der Waals surface area contributed by atoms with Crippen LogP contribution in [0.3, 0.4) is 0 Å². The van der Waals surface area contributed by atoms with Crippen LogP contribution in [0.25, 0.3) is 0 Å². The monoisotopic (exact) mass is 293 g/mol. The number of anilines is 1. The van der Waals surface area contributed by atoms with Gasteiger partial charge in [0.15, 0.2) is 0 Å². The van der Waals surface area contributed by atoms with Crippen LogP contribution in [0.5, 0.6) is 0 Å². The van der Waals surface area contributed by atoms with Crippen LogP contribution in [0.15, 0.2) is 12.3 Å². The van der Waals surface area contributed by atoms with E-state index in [9.17, 15) is 0 Å². The molecule has 0 saturated heterocycles. The summed E-state index contributed by atoms with van der Waals surface area (Å²) in [5.74, 6) is 1.64. The lowest BCUT2D eigenvalue weighted by atomic mass is 10.1. The van der Waals surface area contributed by atoms with Gasteiger partial charge >= 0.3 is 0 Å². The fourth-order valence-corrected chi connectivity index (χ4v) is 2.84. The Balaban J connectivity index is 2.36. The van der Waals surface area contributed by atoms with Crippen molar-refractivity contribution in [2.75, 3.05) is 25.2 Å². The molecule has 1 saturated carbocycles. The summed E-state index contributed by atoms with van der Waals surface area (Å²) < 4.78 is 5.24. The molecule has 0 radical (unpaired) electrons. The van der Waals surface area contributed by atoms with Crippen molar-refractivity contribution in [3.8, 4) is 0 Å². The van der Waals surface area contributed by atoms with E-state index in [-0.39, 0.29) is 0 Å². The molecular weight excluding hydrogens is 270 g/mol. The molecule has 1 aromatic heterocycles. The molecular formula is C15H23N3OS. The second-order valence-corrected chi connectivity index (χ2v) is 5.89. The minimum atomic E-state index is 0.413. The zero-order valence-electron chi connectivity index (χ0n) is 12.4. The summed E-state index contributed by atoms with van der Waals surface area (Å²) in [6.07, 6.45) is 4.41. The van der Waals surface area contributed by atoms with Crippen LogP contribution in [0.1, 0.15) is 30.9 Å². The molecule has 2 rings (SSSR count). The Kier molecular flexibility index (Phi) is 4.94. The third kappa shape index (κ3) is 3.27. The Hall–Kier alpha value is -1.20. The van der Waals surface area contributed by atoms with Crippen molar-refractivity contribution in [1.82, 2.24) is 4.98 Å². The number of aromatic nitrogens is 1. The number of nitrogens with zero attached hydrogens (tertiary/aromatic N) is 2. The van der Waals surface area contributed by atoms with Crippen LogP contribution < -0.4 is 10.6 Å². The highest BCUT2D eigenvalue weighted by atomic mass is 32.1. The van der Waals surface area contributed by atoms with Crippen LogP contribution >= 0.6 is 12.2 Å². The van der Waals surface area contributed by atoms with Gasteiger partial charge in [0.25, 0.3) is 0 Å². The van der Waals surface area contributed by atoms with E-state index >= 15 is 0 Å². The summed E-state index contributed by atoms with van der Waals surface area (Å²) in [5, 5.41) is 0. The van der Waals surface area contributed by atoms with Gasteiger partial charge in [-0.1, -0.05) is 12.2 Å².